The topological polar surface area (TPSA) is 50.9 Å². The van der Waals surface area contributed by atoms with Crippen molar-refractivity contribution >= 4 is 28.7 Å². The van der Waals surface area contributed by atoms with Gasteiger partial charge in [-0.1, -0.05) is 23.7 Å². The van der Waals surface area contributed by atoms with Crippen molar-refractivity contribution in [3.05, 3.63) is 47.7 Å². The number of benzene rings is 1. The van der Waals surface area contributed by atoms with Gasteiger partial charge in [0, 0.05) is 6.20 Å². The first-order valence-electron chi connectivity index (χ1n) is 4.48. The number of hydrogen-bond acceptors (Lipinski definition) is 3. The normalized spacial score (nSPS) is 9.93. The van der Waals surface area contributed by atoms with E-state index in [2.05, 4.69) is 10.3 Å². The van der Waals surface area contributed by atoms with E-state index in [0.29, 0.717) is 10.7 Å². The average molecular weight is 220 g/mol. The van der Waals surface area contributed by atoms with Crippen LogP contribution >= 0.6 is 11.6 Å². The number of aromatic nitrogens is 1. The molecule has 15 heavy (non-hydrogen) atoms. The second-order valence-electron chi connectivity index (χ2n) is 3.11. The maximum absolute atomic E-state index is 6.00. The van der Waals surface area contributed by atoms with Crippen molar-refractivity contribution in [3.63, 3.8) is 0 Å². The molecule has 0 aliphatic carbocycles. The molecule has 0 saturated carbocycles. The highest BCUT2D eigenvalue weighted by Crippen LogP contribution is 2.24. The van der Waals surface area contributed by atoms with Crippen LogP contribution in [0.5, 0.6) is 0 Å². The van der Waals surface area contributed by atoms with Gasteiger partial charge in [0.1, 0.15) is 0 Å². The molecule has 0 saturated heterocycles. The predicted octanol–water partition coefficient (Wildman–Crippen LogP) is 3.06. The van der Waals surface area contributed by atoms with Crippen LogP contribution in [0.3, 0.4) is 0 Å². The van der Waals surface area contributed by atoms with Crippen LogP contribution in [-0.4, -0.2) is 4.98 Å². The van der Waals surface area contributed by atoms with Gasteiger partial charge >= 0.3 is 0 Å². The molecule has 4 heteroatoms. The lowest BCUT2D eigenvalue weighted by Crippen LogP contribution is -1.93. The number of hydrogen-bond donors (Lipinski definition) is 2. The Hall–Kier alpha value is -1.74. The van der Waals surface area contributed by atoms with E-state index in [-0.39, 0.29) is 0 Å². The van der Waals surface area contributed by atoms with Gasteiger partial charge in [-0.25, -0.2) is 0 Å². The molecular formula is C11H10ClN3. The van der Waals surface area contributed by atoms with E-state index < -0.39 is 0 Å². The first-order chi connectivity index (χ1) is 7.25. The molecule has 0 bridgehead atoms. The number of para-hydroxylation sites is 1. The third kappa shape index (κ3) is 2.39. The Morgan fingerprint density at radius 2 is 2.00 bits per heavy atom. The summed E-state index contributed by atoms with van der Waals surface area (Å²) in [4.78, 5) is 3.98. The molecule has 1 aromatic heterocycles. The van der Waals surface area contributed by atoms with Crippen molar-refractivity contribution < 1.29 is 0 Å². The molecule has 0 fully saturated rings. The van der Waals surface area contributed by atoms with E-state index in [1.807, 2.05) is 24.3 Å². The summed E-state index contributed by atoms with van der Waals surface area (Å²) in [6, 6.07) is 9.31. The molecule has 0 aliphatic rings. The third-order valence-corrected chi connectivity index (χ3v) is 2.24. The van der Waals surface area contributed by atoms with Gasteiger partial charge in [-0.3, -0.25) is 4.98 Å². The summed E-state index contributed by atoms with van der Waals surface area (Å²) in [7, 11) is 0. The van der Waals surface area contributed by atoms with Crippen LogP contribution in [0.4, 0.5) is 17.1 Å². The molecule has 3 N–H and O–H groups in total. The van der Waals surface area contributed by atoms with Crippen LogP contribution in [0.1, 0.15) is 0 Å². The molecular weight excluding hydrogens is 210 g/mol. The van der Waals surface area contributed by atoms with Crippen molar-refractivity contribution in [2.24, 2.45) is 0 Å². The highest BCUT2D eigenvalue weighted by Gasteiger charge is 1.99. The van der Waals surface area contributed by atoms with E-state index in [1.165, 1.54) is 0 Å². The number of anilines is 3. The summed E-state index contributed by atoms with van der Waals surface area (Å²) in [5.74, 6) is 0. The number of nitrogens with zero attached hydrogens (tertiary/aromatic N) is 1. The Morgan fingerprint density at radius 3 is 2.73 bits per heavy atom. The number of nitrogens with one attached hydrogen (secondary N) is 1. The zero-order chi connectivity index (χ0) is 10.7. The Balaban J connectivity index is 2.26. The van der Waals surface area contributed by atoms with Crippen LogP contribution in [-0.2, 0) is 0 Å². The van der Waals surface area contributed by atoms with E-state index >= 15 is 0 Å². The Morgan fingerprint density at radius 1 is 1.20 bits per heavy atom. The number of pyridine rings is 1. The fraction of sp³-hybridized carbons (Fsp3) is 0. The molecule has 0 radical (unpaired) electrons. The first-order valence-corrected chi connectivity index (χ1v) is 4.85. The van der Waals surface area contributed by atoms with Crippen molar-refractivity contribution in [1.29, 1.82) is 0 Å². The Kier molecular flexibility index (Phi) is 2.74. The molecule has 1 heterocycles. The van der Waals surface area contributed by atoms with Gasteiger partial charge < -0.3 is 11.1 Å². The van der Waals surface area contributed by atoms with Crippen LogP contribution < -0.4 is 11.1 Å². The molecule has 2 rings (SSSR count). The zero-order valence-electron chi connectivity index (χ0n) is 7.94. The molecule has 1 aromatic carbocycles. The smallest absolute Gasteiger partial charge is 0.0640 e. The molecule has 0 unspecified atom stereocenters. The maximum atomic E-state index is 6.00. The first kappa shape index (κ1) is 9.80. The third-order valence-electron chi connectivity index (χ3n) is 1.91. The zero-order valence-corrected chi connectivity index (χ0v) is 8.70. The van der Waals surface area contributed by atoms with Gasteiger partial charge in [-0.15, -0.1) is 0 Å². The van der Waals surface area contributed by atoms with E-state index in [1.54, 1.807) is 18.5 Å². The minimum Gasteiger partial charge on any atom is -0.397 e. The lowest BCUT2D eigenvalue weighted by molar-refractivity contribution is 1.32. The summed E-state index contributed by atoms with van der Waals surface area (Å²) in [5.41, 5.74) is 7.89. The van der Waals surface area contributed by atoms with Crippen molar-refractivity contribution in [2.75, 3.05) is 11.1 Å². The average Bonchev–Trinajstić information content (AvgIpc) is 2.22. The molecule has 0 atom stereocenters. The SMILES string of the molecule is Nc1cncc(Nc2ccccc2Cl)c1. The standard InChI is InChI=1S/C11H10ClN3/c12-10-3-1-2-4-11(10)15-9-5-8(13)6-14-7-9/h1-7,15H,13H2. The Bertz CT molecular complexity index is 471. The van der Waals surface area contributed by atoms with E-state index in [0.717, 1.165) is 11.4 Å². The van der Waals surface area contributed by atoms with E-state index in [9.17, 15) is 0 Å². The highest BCUT2D eigenvalue weighted by molar-refractivity contribution is 6.33. The Labute approximate surface area is 92.9 Å². The van der Waals surface area contributed by atoms with Gasteiger partial charge in [0.15, 0.2) is 0 Å². The molecule has 0 spiro atoms. The second-order valence-corrected chi connectivity index (χ2v) is 3.52. The van der Waals surface area contributed by atoms with Crippen molar-refractivity contribution in [1.82, 2.24) is 4.98 Å². The van der Waals surface area contributed by atoms with Crippen molar-refractivity contribution in [2.45, 2.75) is 0 Å². The number of halogens is 1. The quantitative estimate of drug-likeness (QED) is 0.816. The lowest BCUT2D eigenvalue weighted by Gasteiger charge is -2.07. The second kappa shape index (κ2) is 4.19. The van der Waals surface area contributed by atoms with Crippen LogP contribution in [0.25, 0.3) is 0 Å². The molecule has 76 valence electrons. The number of nitrogens with two attached hydrogens (primary N) is 1. The lowest BCUT2D eigenvalue weighted by atomic mass is 10.3. The van der Waals surface area contributed by atoms with Gasteiger partial charge in [0.25, 0.3) is 0 Å². The van der Waals surface area contributed by atoms with Crippen molar-refractivity contribution in [3.8, 4) is 0 Å². The van der Waals surface area contributed by atoms with E-state index in [4.69, 9.17) is 17.3 Å². The van der Waals surface area contributed by atoms with Gasteiger partial charge in [0.05, 0.1) is 28.3 Å². The molecule has 2 aromatic rings. The van der Waals surface area contributed by atoms with Gasteiger partial charge in [-0.05, 0) is 18.2 Å². The minimum atomic E-state index is 0.618. The summed E-state index contributed by atoms with van der Waals surface area (Å²) in [5, 5.41) is 3.81. The van der Waals surface area contributed by atoms with Gasteiger partial charge in [-0.2, -0.15) is 0 Å². The minimum absolute atomic E-state index is 0.618. The summed E-state index contributed by atoms with van der Waals surface area (Å²) in [6.45, 7) is 0. The number of rotatable bonds is 2. The molecule has 0 aliphatic heterocycles. The largest absolute Gasteiger partial charge is 0.397 e. The summed E-state index contributed by atoms with van der Waals surface area (Å²) in [6.07, 6.45) is 3.29. The van der Waals surface area contributed by atoms with Crippen LogP contribution in [0.15, 0.2) is 42.7 Å². The summed E-state index contributed by atoms with van der Waals surface area (Å²) >= 11 is 6.00. The number of nitrogen functional groups attached to an aromatic ring is 1. The monoisotopic (exact) mass is 219 g/mol. The maximum Gasteiger partial charge on any atom is 0.0640 e. The molecule has 0 amide bonds. The fourth-order valence-electron chi connectivity index (χ4n) is 1.24. The summed E-state index contributed by atoms with van der Waals surface area (Å²) < 4.78 is 0. The van der Waals surface area contributed by atoms with Crippen LogP contribution in [0.2, 0.25) is 5.02 Å². The van der Waals surface area contributed by atoms with Crippen LogP contribution in [0, 0.1) is 0 Å². The fourth-order valence-corrected chi connectivity index (χ4v) is 1.43. The predicted molar refractivity (Wildman–Crippen MR) is 63.4 cm³/mol. The van der Waals surface area contributed by atoms with Gasteiger partial charge in [0.2, 0.25) is 0 Å². The highest BCUT2D eigenvalue weighted by atomic mass is 35.5. The molecule has 3 nitrogen and oxygen atoms in total.